The van der Waals surface area contributed by atoms with Gasteiger partial charge in [0.05, 0.1) is 9.93 Å². The lowest BCUT2D eigenvalue weighted by atomic mass is 10.5. The summed E-state index contributed by atoms with van der Waals surface area (Å²) < 4.78 is 21.8. The molecule has 0 aliphatic carbocycles. The number of hydrogen-bond donors (Lipinski definition) is 1. The van der Waals surface area contributed by atoms with E-state index < -0.39 is 9.84 Å². The molecule has 0 amide bonds. The first-order valence-corrected chi connectivity index (χ1v) is 5.71. The first-order chi connectivity index (χ1) is 4.52. The summed E-state index contributed by atoms with van der Waals surface area (Å²) in [6, 6.07) is 0. The second-order valence-corrected chi connectivity index (χ2v) is 5.33. The van der Waals surface area contributed by atoms with Gasteiger partial charge in [0, 0.05) is 12.0 Å². The molecule has 0 fully saturated rings. The van der Waals surface area contributed by atoms with E-state index in [1.54, 1.807) is 0 Å². The number of hydrogen-bond acceptors (Lipinski definition) is 4. The Hall–Kier alpha value is -0.160. The SMILES string of the molecule is CS(=O)(=O)C1=C(N)SCC1. The Morgan fingerprint density at radius 2 is 2.20 bits per heavy atom. The van der Waals surface area contributed by atoms with Gasteiger partial charge in [0.15, 0.2) is 9.84 Å². The van der Waals surface area contributed by atoms with Crippen LogP contribution < -0.4 is 5.73 Å². The molecule has 0 aromatic carbocycles. The Bertz CT molecular complexity index is 265. The molecule has 0 aromatic heterocycles. The highest BCUT2D eigenvalue weighted by Crippen LogP contribution is 2.29. The average molecular weight is 179 g/mol. The van der Waals surface area contributed by atoms with Crippen LogP contribution in [0.2, 0.25) is 0 Å². The van der Waals surface area contributed by atoms with Crippen LogP contribution in [0.5, 0.6) is 0 Å². The van der Waals surface area contributed by atoms with E-state index in [9.17, 15) is 8.42 Å². The normalized spacial score (nSPS) is 20.1. The maximum atomic E-state index is 10.9. The quantitative estimate of drug-likeness (QED) is 0.628. The number of thioether (sulfide) groups is 1. The van der Waals surface area contributed by atoms with Crippen LogP contribution in [0.3, 0.4) is 0 Å². The average Bonchev–Trinajstić information content (AvgIpc) is 2.11. The van der Waals surface area contributed by atoms with Crippen LogP contribution in [0.15, 0.2) is 9.93 Å². The molecule has 0 saturated heterocycles. The number of nitrogens with two attached hydrogens (primary N) is 1. The molecule has 10 heavy (non-hydrogen) atoms. The molecule has 0 saturated carbocycles. The van der Waals surface area contributed by atoms with E-state index in [1.165, 1.54) is 18.0 Å². The van der Waals surface area contributed by atoms with E-state index in [0.717, 1.165) is 5.75 Å². The van der Waals surface area contributed by atoms with Gasteiger partial charge in [0.2, 0.25) is 0 Å². The highest BCUT2D eigenvalue weighted by atomic mass is 32.2. The Balaban J connectivity index is 3.04. The summed E-state index contributed by atoms with van der Waals surface area (Å²) in [7, 11) is -3.02. The van der Waals surface area contributed by atoms with Crippen LogP contribution in [-0.2, 0) is 9.84 Å². The zero-order valence-corrected chi connectivity index (χ0v) is 7.26. The molecule has 0 aromatic rings. The van der Waals surface area contributed by atoms with E-state index in [1.807, 2.05) is 0 Å². The predicted octanol–water partition coefficient (Wildman–Crippen LogP) is 0.296. The molecule has 0 spiro atoms. The summed E-state index contributed by atoms with van der Waals surface area (Å²) in [5.41, 5.74) is 5.43. The van der Waals surface area contributed by atoms with Crippen molar-refractivity contribution in [3.63, 3.8) is 0 Å². The molecule has 5 heteroatoms. The van der Waals surface area contributed by atoms with Crippen molar-refractivity contribution < 1.29 is 8.42 Å². The van der Waals surface area contributed by atoms with Crippen molar-refractivity contribution in [3.8, 4) is 0 Å². The van der Waals surface area contributed by atoms with Gasteiger partial charge in [-0.15, -0.1) is 11.8 Å². The van der Waals surface area contributed by atoms with Gasteiger partial charge in [-0.3, -0.25) is 0 Å². The summed E-state index contributed by atoms with van der Waals surface area (Å²) in [6.45, 7) is 0. The monoisotopic (exact) mass is 179 g/mol. The van der Waals surface area contributed by atoms with E-state index in [-0.39, 0.29) is 0 Å². The summed E-state index contributed by atoms with van der Waals surface area (Å²) >= 11 is 1.41. The molecule has 1 rings (SSSR count). The van der Waals surface area contributed by atoms with Crippen molar-refractivity contribution >= 4 is 21.6 Å². The Labute approximate surface area is 64.6 Å². The molecular weight excluding hydrogens is 170 g/mol. The molecule has 1 heterocycles. The van der Waals surface area contributed by atoms with E-state index in [4.69, 9.17) is 5.73 Å². The number of sulfone groups is 1. The summed E-state index contributed by atoms with van der Waals surface area (Å²) in [4.78, 5) is 0.414. The second-order valence-electron chi connectivity index (χ2n) is 2.16. The zero-order valence-electron chi connectivity index (χ0n) is 5.62. The lowest BCUT2D eigenvalue weighted by Crippen LogP contribution is -2.03. The number of rotatable bonds is 1. The maximum absolute atomic E-state index is 10.9. The molecule has 2 N–H and O–H groups in total. The summed E-state index contributed by atoms with van der Waals surface area (Å²) in [6.07, 6.45) is 1.79. The van der Waals surface area contributed by atoms with Crippen LogP contribution in [0.25, 0.3) is 0 Å². The lowest BCUT2D eigenvalue weighted by Gasteiger charge is -1.96. The molecule has 0 unspecified atom stereocenters. The van der Waals surface area contributed by atoms with Gasteiger partial charge < -0.3 is 5.73 Å². The van der Waals surface area contributed by atoms with Crippen molar-refractivity contribution in [1.29, 1.82) is 0 Å². The second kappa shape index (κ2) is 2.47. The van der Waals surface area contributed by atoms with Gasteiger partial charge in [-0.25, -0.2) is 8.42 Å². The molecule has 1 aliphatic rings. The van der Waals surface area contributed by atoms with Crippen molar-refractivity contribution in [1.82, 2.24) is 0 Å². The van der Waals surface area contributed by atoms with Crippen molar-refractivity contribution in [2.45, 2.75) is 6.42 Å². The smallest absolute Gasteiger partial charge is 0.174 e. The predicted molar refractivity (Wildman–Crippen MR) is 43.1 cm³/mol. The van der Waals surface area contributed by atoms with Crippen LogP contribution in [0.1, 0.15) is 6.42 Å². The minimum Gasteiger partial charge on any atom is -0.393 e. The van der Waals surface area contributed by atoms with Gasteiger partial charge >= 0.3 is 0 Å². The van der Waals surface area contributed by atoms with Crippen molar-refractivity contribution in [2.75, 3.05) is 12.0 Å². The molecule has 0 radical (unpaired) electrons. The molecule has 3 nitrogen and oxygen atoms in total. The molecular formula is C5H9NO2S2. The van der Waals surface area contributed by atoms with E-state index in [2.05, 4.69) is 0 Å². The van der Waals surface area contributed by atoms with Crippen LogP contribution in [-0.4, -0.2) is 20.4 Å². The van der Waals surface area contributed by atoms with Crippen molar-refractivity contribution in [3.05, 3.63) is 9.93 Å². The minimum absolute atomic E-state index is 0.414. The first-order valence-electron chi connectivity index (χ1n) is 2.83. The number of allylic oxidation sites excluding steroid dienone is 1. The van der Waals surface area contributed by atoms with Gasteiger partial charge in [0.1, 0.15) is 0 Å². The molecule has 58 valence electrons. The standard InChI is InChI=1S/C5H9NO2S2/c1-10(7,8)4-2-3-9-5(4)6/h2-3,6H2,1H3. The maximum Gasteiger partial charge on any atom is 0.174 e. The fraction of sp³-hybridized carbons (Fsp3) is 0.600. The highest BCUT2D eigenvalue weighted by molar-refractivity contribution is 8.05. The van der Waals surface area contributed by atoms with Crippen LogP contribution >= 0.6 is 11.8 Å². The Morgan fingerprint density at radius 1 is 1.60 bits per heavy atom. The summed E-state index contributed by atoms with van der Waals surface area (Å²) in [5.74, 6) is 0.800. The van der Waals surface area contributed by atoms with Gasteiger partial charge in [0.25, 0.3) is 0 Å². The first kappa shape index (κ1) is 7.94. The highest BCUT2D eigenvalue weighted by Gasteiger charge is 2.20. The zero-order chi connectivity index (χ0) is 7.78. The van der Waals surface area contributed by atoms with E-state index >= 15 is 0 Å². The Morgan fingerprint density at radius 3 is 2.40 bits per heavy atom. The minimum atomic E-state index is -3.02. The van der Waals surface area contributed by atoms with Gasteiger partial charge in [-0.05, 0) is 6.42 Å². The molecule has 0 bridgehead atoms. The third-order valence-corrected chi connectivity index (χ3v) is 3.72. The van der Waals surface area contributed by atoms with Gasteiger partial charge in [-0.2, -0.15) is 0 Å². The third kappa shape index (κ3) is 1.46. The van der Waals surface area contributed by atoms with E-state index in [0.29, 0.717) is 16.4 Å². The topological polar surface area (TPSA) is 60.2 Å². The lowest BCUT2D eigenvalue weighted by molar-refractivity contribution is 0.606. The van der Waals surface area contributed by atoms with Crippen molar-refractivity contribution in [2.24, 2.45) is 5.73 Å². The van der Waals surface area contributed by atoms with Gasteiger partial charge in [-0.1, -0.05) is 0 Å². The molecule has 0 atom stereocenters. The molecule has 1 aliphatic heterocycles. The largest absolute Gasteiger partial charge is 0.393 e. The van der Waals surface area contributed by atoms with Crippen LogP contribution in [0, 0.1) is 0 Å². The fourth-order valence-electron chi connectivity index (χ4n) is 0.825. The third-order valence-electron chi connectivity index (χ3n) is 1.31. The summed E-state index contributed by atoms with van der Waals surface area (Å²) in [5, 5.41) is 0.475. The Kier molecular flexibility index (Phi) is 1.96. The van der Waals surface area contributed by atoms with Crippen LogP contribution in [0.4, 0.5) is 0 Å². The fourth-order valence-corrected chi connectivity index (χ4v) is 3.21.